The number of hydrogen-bond donors (Lipinski definition) is 1. The minimum Gasteiger partial charge on any atom is -0.492 e. The van der Waals surface area contributed by atoms with Crippen LogP contribution < -0.4 is 14.2 Å². The standard InChI is InChI=1S/C15H23NO.C14H22N2O2S.C13H19NO3S.C13H21NO3S.C13H21NO.C12H19NO3S.2CH4/c1-13(2)14-5-7-15(8-6-14)17-12-11-16-9-3-4-10-16;1-12(2)13-4-6-14(7-5-13)19(17,18)16-10-8-15(3)9-11-16;1-11(2)12-3-5-13(6-4-12)18(15,16)14-7-9-17-10-8-14;1-11(2)12-5-7-13(8-6-12)18(15,16)14(3)9-10-17-4;1-11(2)12-5-7-13(8-6-12)15-10-9-14(3)4;1-10(2)11-4-6-12(7-5-11)17(14,15)13-8-9-16-3;;/h5-8,13H,3-4,9-12H2,1-2H3;4-7,12H,8-11H2,1-3H3;3-6,11H,7-10H2,1-2H3;5-8,11H,9-10H2,1-4H3;5-8,11H,9-10H2,1-4H3;4-7,10,13H,8-9H2,1-3H3;2*1H4. The van der Waals surface area contributed by atoms with E-state index >= 15 is 0 Å². The first-order chi connectivity index (χ1) is 49.1. The third-order valence-electron chi connectivity index (χ3n) is 17.9. The summed E-state index contributed by atoms with van der Waals surface area (Å²) in [6, 6.07) is 45.3. The Hall–Kier alpha value is -5.68. The van der Waals surface area contributed by atoms with Crippen molar-refractivity contribution in [1.82, 2.24) is 32.3 Å². The fourth-order valence-corrected chi connectivity index (χ4v) is 15.6. The monoisotopic (exact) mass is 1550 g/mol. The second kappa shape index (κ2) is 48.8. The van der Waals surface area contributed by atoms with Crippen LogP contribution in [0.2, 0.25) is 0 Å². The van der Waals surface area contributed by atoms with E-state index in [0.29, 0.717) is 109 Å². The van der Waals surface area contributed by atoms with Crippen molar-refractivity contribution in [2.45, 2.75) is 166 Å². The molecule has 0 unspecified atom stereocenters. The highest BCUT2D eigenvalue weighted by Crippen LogP contribution is 2.26. The van der Waals surface area contributed by atoms with E-state index in [1.807, 2.05) is 81.8 Å². The van der Waals surface area contributed by atoms with Gasteiger partial charge in [-0.25, -0.2) is 38.4 Å². The van der Waals surface area contributed by atoms with Crippen LogP contribution >= 0.6 is 0 Å². The number of morpholine rings is 1. The van der Waals surface area contributed by atoms with E-state index in [-0.39, 0.29) is 26.3 Å². The van der Waals surface area contributed by atoms with Crippen molar-refractivity contribution in [3.8, 4) is 11.5 Å². The zero-order valence-electron chi connectivity index (χ0n) is 65.6. The van der Waals surface area contributed by atoms with E-state index in [1.54, 1.807) is 67.0 Å². The molecule has 0 aliphatic carbocycles. The highest BCUT2D eigenvalue weighted by molar-refractivity contribution is 7.90. The van der Waals surface area contributed by atoms with Crippen molar-refractivity contribution in [1.29, 1.82) is 0 Å². The summed E-state index contributed by atoms with van der Waals surface area (Å²) in [5.74, 6) is 4.75. The Balaban J connectivity index is 0.000000431. The zero-order chi connectivity index (χ0) is 77.2. The average molecular weight is 1550 g/mol. The van der Waals surface area contributed by atoms with Gasteiger partial charge in [-0.1, -0.05) is 171 Å². The summed E-state index contributed by atoms with van der Waals surface area (Å²) in [4.78, 5) is 8.12. The lowest BCUT2D eigenvalue weighted by molar-refractivity contribution is 0.0730. The molecule has 598 valence electrons. The minimum absolute atomic E-state index is 0. The molecule has 24 heteroatoms. The zero-order valence-corrected chi connectivity index (χ0v) is 68.9. The summed E-state index contributed by atoms with van der Waals surface area (Å²) in [6.45, 7) is 37.5. The van der Waals surface area contributed by atoms with E-state index in [0.717, 1.165) is 73.1 Å². The molecule has 20 nitrogen and oxygen atoms in total. The third kappa shape index (κ3) is 33.3. The first-order valence-electron chi connectivity index (χ1n) is 36.6. The van der Waals surface area contributed by atoms with Crippen LogP contribution in [-0.4, -0.2) is 222 Å². The number of nitrogens with zero attached hydrogens (tertiary/aromatic N) is 6. The molecule has 3 heterocycles. The number of likely N-dealkylation sites (N-methyl/N-ethyl adjacent to an activating group) is 3. The highest BCUT2D eigenvalue weighted by Gasteiger charge is 2.29. The third-order valence-corrected chi connectivity index (χ3v) is 25.1. The van der Waals surface area contributed by atoms with Gasteiger partial charge in [0.05, 0.1) is 46.0 Å². The van der Waals surface area contributed by atoms with Crippen LogP contribution in [-0.2, 0) is 54.3 Å². The predicted octanol–water partition coefficient (Wildman–Crippen LogP) is 14.7. The Bertz CT molecular complexity index is 3810. The second-order valence-electron chi connectivity index (χ2n) is 28.3. The Morgan fingerprint density at radius 1 is 0.406 bits per heavy atom. The molecule has 6 aromatic rings. The lowest BCUT2D eigenvalue weighted by atomic mass is 10.0. The van der Waals surface area contributed by atoms with E-state index in [9.17, 15) is 33.7 Å². The average Bonchev–Trinajstić information content (AvgIpc) is 0.876. The largest absolute Gasteiger partial charge is 0.492 e. The molecule has 0 saturated carbocycles. The number of sulfonamides is 4. The molecule has 3 aliphatic heterocycles. The molecule has 0 amide bonds. The fraction of sp³-hybridized carbons (Fsp3) is 0.561. The van der Waals surface area contributed by atoms with Crippen LogP contribution in [0.15, 0.2) is 165 Å². The van der Waals surface area contributed by atoms with Crippen LogP contribution in [0, 0.1) is 0 Å². The molecule has 0 aromatic heterocycles. The van der Waals surface area contributed by atoms with E-state index < -0.39 is 40.1 Å². The van der Waals surface area contributed by atoms with Gasteiger partial charge in [-0.15, -0.1) is 0 Å². The van der Waals surface area contributed by atoms with Crippen molar-refractivity contribution >= 4 is 40.1 Å². The van der Waals surface area contributed by atoms with Gasteiger partial charge in [0, 0.05) is 86.7 Å². The summed E-state index contributed by atoms with van der Waals surface area (Å²) in [6.07, 6.45) is 2.70. The van der Waals surface area contributed by atoms with Gasteiger partial charge < -0.3 is 33.5 Å². The molecule has 0 bridgehead atoms. The van der Waals surface area contributed by atoms with Crippen LogP contribution in [0.4, 0.5) is 0 Å². The summed E-state index contributed by atoms with van der Waals surface area (Å²) in [7, 11) is -2.72. The topological polar surface area (TPSA) is 214 Å². The number of piperazine rings is 1. The molecule has 0 radical (unpaired) electrons. The van der Waals surface area contributed by atoms with Crippen molar-refractivity contribution in [2.24, 2.45) is 0 Å². The molecular weight excluding hydrogens is 1420 g/mol. The lowest BCUT2D eigenvalue weighted by Gasteiger charge is -2.31. The molecule has 3 fully saturated rings. The SMILES string of the molecule is C.C.CC(C)c1ccc(OCCN(C)C)cc1.CC(C)c1ccc(OCCN2CCCC2)cc1.CC(C)c1ccc(S(=O)(=O)N2CCN(C)CC2)cc1.CC(C)c1ccc(S(=O)(=O)N2CCOCC2)cc1.COCCN(C)S(=O)(=O)c1ccc(C(C)C)cc1.COCCNS(=O)(=O)c1ccc(C(C)C)cc1. The maximum atomic E-state index is 12.5. The normalized spacial score (nSPS) is 14.7. The van der Waals surface area contributed by atoms with Gasteiger partial charge in [0.15, 0.2) is 0 Å². The number of methoxy groups -OCH3 is 2. The van der Waals surface area contributed by atoms with Gasteiger partial charge in [-0.2, -0.15) is 12.9 Å². The van der Waals surface area contributed by atoms with Crippen molar-refractivity contribution in [2.75, 3.05) is 161 Å². The maximum absolute atomic E-state index is 12.5. The molecular formula is C82H133N7O13S4. The smallest absolute Gasteiger partial charge is 0.243 e. The Morgan fingerprint density at radius 2 is 0.736 bits per heavy atom. The van der Waals surface area contributed by atoms with Gasteiger partial charge in [0.2, 0.25) is 40.1 Å². The first-order valence-corrected chi connectivity index (χ1v) is 42.4. The van der Waals surface area contributed by atoms with Crippen molar-refractivity contribution < 1.29 is 57.4 Å². The van der Waals surface area contributed by atoms with Gasteiger partial charge >= 0.3 is 0 Å². The van der Waals surface area contributed by atoms with Gasteiger partial charge in [-0.3, -0.25) is 4.90 Å². The molecule has 3 aliphatic rings. The number of nitrogens with one attached hydrogen (secondary N) is 1. The Kier molecular flexibility index (Phi) is 44.3. The van der Waals surface area contributed by atoms with Crippen molar-refractivity contribution in [3.05, 3.63) is 179 Å². The first kappa shape index (κ1) is 96.4. The molecule has 1 N–H and O–H groups in total. The number of hydrogen-bond acceptors (Lipinski definition) is 16. The Labute approximate surface area is 642 Å². The molecule has 0 spiro atoms. The minimum atomic E-state index is -3.40. The number of benzene rings is 6. The number of ether oxygens (including phenoxy) is 5. The summed E-state index contributed by atoms with van der Waals surface area (Å²) in [5.41, 5.74) is 7.30. The lowest BCUT2D eigenvalue weighted by Crippen LogP contribution is -2.46. The molecule has 106 heavy (non-hydrogen) atoms. The molecule has 3 saturated heterocycles. The van der Waals surface area contributed by atoms with Gasteiger partial charge in [-0.05, 0) is 189 Å². The molecule has 9 rings (SSSR count). The van der Waals surface area contributed by atoms with Crippen molar-refractivity contribution in [3.63, 3.8) is 0 Å². The summed E-state index contributed by atoms with van der Waals surface area (Å²) in [5, 5.41) is 0. The van der Waals surface area contributed by atoms with Gasteiger partial charge in [0.25, 0.3) is 0 Å². The fourth-order valence-electron chi connectivity index (χ4n) is 10.6. The number of likely N-dealkylation sites (tertiary alicyclic amines) is 1. The predicted molar refractivity (Wildman–Crippen MR) is 436 cm³/mol. The van der Waals surface area contributed by atoms with Crippen LogP contribution in [0.1, 0.15) is 180 Å². The number of rotatable bonds is 28. The summed E-state index contributed by atoms with van der Waals surface area (Å²) < 4.78 is 131. The summed E-state index contributed by atoms with van der Waals surface area (Å²) >= 11 is 0. The maximum Gasteiger partial charge on any atom is 0.243 e. The van der Waals surface area contributed by atoms with E-state index in [4.69, 9.17) is 23.7 Å². The van der Waals surface area contributed by atoms with Gasteiger partial charge in [0.1, 0.15) is 24.7 Å². The quantitative estimate of drug-likeness (QED) is 0.0452. The van der Waals surface area contributed by atoms with Crippen LogP contribution in [0.3, 0.4) is 0 Å². The van der Waals surface area contributed by atoms with Crippen LogP contribution in [0.5, 0.6) is 11.5 Å². The van der Waals surface area contributed by atoms with Crippen LogP contribution in [0.25, 0.3) is 0 Å². The van der Waals surface area contributed by atoms with E-state index in [2.05, 4.69) is 139 Å². The Morgan fingerprint density at radius 3 is 1.08 bits per heavy atom. The second-order valence-corrected chi connectivity index (χ2v) is 36.0. The molecule has 0 atom stereocenters. The highest BCUT2D eigenvalue weighted by atomic mass is 32.2. The van der Waals surface area contributed by atoms with E-state index in [1.165, 1.54) is 52.8 Å². The molecule has 6 aromatic carbocycles.